The largest absolute Gasteiger partial charge is 0.344 e. The third-order valence-electron chi connectivity index (χ3n) is 4.72. The van der Waals surface area contributed by atoms with Gasteiger partial charge in [-0.05, 0) is 30.9 Å². The Bertz CT molecular complexity index is 745. The van der Waals surface area contributed by atoms with Crippen molar-refractivity contribution in [2.75, 3.05) is 4.90 Å². The molecule has 1 aliphatic heterocycles. The highest BCUT2D eigenvalue weighted by molar-refractivity contribution is 7.09. The molecule has 0 radical (unpaired) electrons. The van der Waals surface area contributed by atoms with Gasteiger partial charge in [-0.2, -0.15) is 0 Å². The molecule has 25 heavy (non-hydrogen) atoms. The lowest BCUT2D eigenvalue weighted by Crippen LogP contribution is -2.49. The van der Waals surface area contributed by atoms with Crippen LogP contribution in [0.4, 0.5) is 5.69 Å². The van der Waals surface area contributed by atoms with E-state index in [0.717, 1.165) is 29.0 Å². The Morgan fingerprint density at radius 3 is 2.96 bits per heavy atom. The highest BCUT2D eigenvalue weighted by atomic mass is 32.1. The molecule has 6 heteroatoms. The lowest BCUT2D eigenvalue weighted by molar-refractivity contribution is -0.129. The van der Waals surface area contributed by atoms with Crippen molar-refractivity contribution in [1.29, 1.82) is 0 Å². The first kappa shape index (κ1) is 17.6. The molecule has 0 bridgehead atoms. The number of hydrogen-bond acceptors (Lipinski definition) is 4. The Kier molecular flexibility index (Phi) is 5.48. The van der Waals surface area contributed by atoms with Crippen molar-refractivity contribution in [2.45, 2.75) is 45.7 Å². The molecule has 0 unspecified atom stereocenters. The molecular formula is C19H23N3O2S. The van der Waals surface area contributed by atoms with Gasteiger partial charge >= 0.3 is 0 Å². The molecule has 2 aromatic rings. The summed E-state index contributed by atoms with van der Waals surface area (Å²) in [5.41, 5.74) is 3.84. The summed E-state index contributed by atoms with van der Waals surface area (Å²) in [4.78, 5) is 32.4. The maximum Gasteiger partial charge on any atom is 0.249 e. The molecule has 5 nitrogen and oxygen atoms in total. The van der Waals surface area contributed by atoms with Gasteiger partial charge in [0.05, 0.1) is 12.1 Å². The molecule has 0 spiro atoms. The molecule has 0 fully saturated rings. The van der Waals surface area contributed by atoms with Crippen molar-refractivity contribution in [2.24, 2.45) is 5.92 Å². The van der Waals surface area contributed by atoms with Crippen molar-refractivity contribution in [3.63, 3.8) is 0 Å². The third kappa shape index (κ3) is 3.90. The molecule has 0 saturated carbocycles. The standard InChI is InChI=1S/C19H23N3O2S/c1-3-13(2)18(23)21-16-9-8-14-6-4-5-7-17(14)22(19(16)24)11-15-10-20-12-25-15/h4-7,10,12-13,16H,3,8-9,11H2,1-2H3,(H,21,23)/t13-,16+/m1/s1. The third-order valence-corrected chi connectivity index (χ3v) is 5.49. The first-order valence-electron chi connectivity index (χ1n) is 8.67. The average Bonchev–Trinajstić information content (AvgIpc) is 3.11. The van der Waals surface area contributed by atoms with Gasteiger partial charge in [-0.25, -0.2) is 0 Å². The zero-order valence-electron chi connectivity index (χ0n) is 14.6. The van der Waals surface area contributed by atoms with E-state index in [0.29, 0.717) is 13.0 Å². The first-order valence-corrected chi connectivity index (χ1v) is 9.55. The average molecular weight is 357 g/mol. The van der Waals surface area contributed by atoms with E-state index in [4.69, 9.17) is 0 Å². The molecule has 3 rings (SSSR count). The van der Waals surface area contributed by atoms with Crippen LogP contribution in [-0.2, 0) is 22.6 Å². The molecule has 132 valence electrons. The lowest BCUT2D eigenvalue weighted by Gasteiger charge is -2.26. The number of nitrogens with one attached hydrogen (secondary N) is 1. The van der Waals surface area contributed by atoms with E-state index in [1.54, 1.807) is 16.6 Å². The van der Waals surface area contributed by atoms with Gasteiger partial charge in [0.15, 0.2) is 0 Å². The topological polar surface area (TPSA) is 62.3 Å². The van der Waals surface area contributed by atoms with Crippen LogP contribution in [0.25, 0.3) is 0 Å². The normalized spacial score (nSPS) is 18.4. The number of anilines is 1. The van der Waals surface area contributed by atoms with Crippen LogP contribution in [-0.4, -0.2) is 22.8 Å². The van der Waals surface area contributed by atoms with Crippen LogP contribution in [0.5, 0.6) is 0 Å². The molecule has 0 saturated heterocycles. The molecule has 2 atom stereocenters. The van der Waals surface area contributed by atoms with E-state index in [9.17, 15) is 9.59 Å². The second kappa shape index (κ2) is 7.78. The second-order valence-electron chi connectivity index (χ2n) is 6.43. The maximum atomic E-state index is 13.2. The van der Waals surface area contributed by atoms with Crippen LogP contribution in [0.1, 0.15) is 37.1 Å². The fourth-order valence-corrected chi connectivity index (χ4v) is 3.57. The quantitative estimate of drug-likeness (QED) is 0.894. The molecule has 1 aromatic heterocycles. The van der Waals surface area contributed by atoms with Crippen LogP contribution >= 0.6 is 11.3 Å². The van der Waals surface area contributed by atoms with Gasteiger partial charge in [0.25, 0.3) is 0 Å². The van der Waals surface area contributed by atoms with E-state index in [-0.39, 0.29) is 17.7 Å². The van der Waals surface area contributed by atoms with Gasteiger partial charge in [-0.3, -0.25) is 14.6 Å². The fourth-order valence-electron chi connectivity index (χ4n) is 2.99. The van der Waals surface area contributed by atoms with E-state index in [1.807, 2.05) is 32.0 Å². The Balaban J connectivity index is 1.88. The van der Waals surface area contributed by atoms with E-state index >= 15 is 0 Å². The zero-order valence-corrected chi connectivity index (χ0v) is 15.4. The second-order valence-corrected chi connectivity index (χ2v) is 7.40. The van der Waals surface area contributed by atoms with Crippen molar-refractivity contribution < 1.29 is 9.59 Å². The zero-order chi connectivity index (χ0) is 17.8. The van der Waals surface area contributed by atoms with Crippen LogP contribution in [0.3, 0.4) is 0 Å². The predicted molar refractivity (Wildman–Crippen MR) is 99.5 cm³/mol. The van der Waals surface area contributed by atoms with Crippen molar-refractivity contribution >= 4 is 28.8 Å². The van der Waals surface area contributed by atoms with Crippen molar-refractivity contribution in [3.8, 4) is 0 Å². The summed E-state index contributed by atoms with van der Waals surface area (Å²) in [6.07, 6.45) is 3.94. The lowest BCUT2D eigenvalue weighted by atomic mass is 10.0. The predicted octanol–water partition coefficient (Wildman–Crippen LogP) is 3.15. The number of nitrogens with zero attached hydrogens (tertiary/aromatic N) is 2. The summed E-state index contributed by atoms with van der Waals surface area (Å²) < 4.78 is 0. The highest BCUT2D eigenvalue weighted by Crippen LogP contribution is 2.29. The summed E-state index contributed by atoms with van der Waals surface area (Å²) in [6.45, 7) is 4.35. The van der Waals surface area contributed by atoms with Gasteiger partial charge in [0.1, 0.15) is 6.04 Å². The van der Waals surface area contributed by atoms with Crippen molar-refractivity contribution in [1.82, 2.24) is 10.3 Å². The Labute approximate surface area is 152 Å². The van der Waals surface area contributed by atoms with E-state index in [1.165, 1.54) is 11.3 Å². The number of rotatable bonds is 5. The van der Waals surface area contributed by atoms with Crippen LogP contribution < -0.4 is 10.2 Å². The monoisotopic (exact) mass is 357 g/mol. The number of carbonyl (C=O) groups excluding carboxylic acids is 2. The molecule has 2 amide bonds. The van der Waals surface area contributed by atoms with Crippen LogP contribution in [0, 0.1) is 5.92 Å². The van der Waals surface area contributed by atoms with Crippen LogP contribution in [0.2, 0.25) is 0 Å². The van der Waals surface area contributed by atoms with Gasteiger partial charge < -0.3 is 10.2 Å². The van der Waals surface area contributed by atoms with Gasteiger partial charge in [-0.15, -0.1) is 11.3 Å². The number of carbonyl (C=O) groups is 2. The number of aryl methyl sites for hydroxylation is 1. The summed E-state index contributed by atoms with van der Waals surface area (Å²) >= 11 is 1.53. The Hall–Kier alpha value is -2.21. The molecule has 0 aliphatic carbocycles. The van der Waals surface area contributed by atoms with Gasteiger partial charge in [-0.1, -0.05) is 32.0 Å². The molecule has 1 aromatic carbocycles. The number of fused-ring (bicyclic) bond motifs is 1. The molecule has 1 aliphatic rings. The number of thiazole rings is 1. The van der Waals surface area contributed by atoms with Gasteiger partial charge in [0.2, 0.25) is 11.8 Å². The van der Waals surface area contributed by atoms with Crippen LogP contribution in [0.15, 0.2) is 36.0 Å². The Morgan fingerprint density at radius 2 is 2.24 bits per heavy atom. The molecule has 2 heterocycles. The Morgan fingerprint density at radius 1 is 1.44 bits per heavy atom. The minimum absolute atomic E-state index is 0.0463. The first-order chi connectivity index (χ1) is 12.1. The fraction of sp³-hybridized carbons (Fsp3) is 0.421. The van der Waals surface area contributed by atoms with E-state index in [2.05, 4.69) is 16.4 Å². The smallest absolute Gasteiger partial charge is 0.249 e. The summed E-state index contributed by atoms with van der Waals surface area (Å²) in [7, 11) is 0. The summed E-state index contributed by atoms with van der Waals surface area (Å²) in [6, 6.07) is 7.49. The highest BCUT2D eigenvalue weighted by Gasteiger charge is 2.32. The summed E-state index contributed by atoms with van der Waals surface area (Å²) in [5, 5.41) is 2.96. The number of para-hydroxylation sites is 1. The minimum atomic E-state index is -0.484. The number of benzene rings is 1. The number of hydrogen-bond donors (Lipinski definition) is 1. The molecule has 1 N–H and O–H groups in total. The van der Waals surface area contributed by atoms with Gasteiger partial charge in [0, 0.05) is 22.7 Å². The minimum Gasteiger partial charge on any atom is -0.344 e. The summed E-state index contributed by atoms with van der Waals surface area (Å²) in [5.74, 6) is -0.187. The van der Waals surface area contributed by atoms with E-state index < -0.39 is 6.04 Å². The maximum absolute atomic E-state index is 13.2. The number of amides is 2. The number of aromatic nitrogens is 1. The SMILES string of the molecule is CC[C@@H](C)C(=O)N[C@H]1CCc2ccccc2N(Cc2cncs2)C1=O. The van der Waals surface area contributed by atoms with Crippen molar-refractivity contribution in [3.05, 3.63) is 46.4 Å². The molecular weight excluding hydrogens is 334 g/mol.